The van der Waals surface area contributed by atoms with E-state index in [0.717, 1.165) is 16.8 Å². The molecular formula is C21H21N3O2. The first kappa shape index (κ1) is 17.8. The lowest BCUT2D eigenvalue weighted by Gasteiger charge is -2.43. The van der Waals surface area contributed by atoms with Crippen LogP contribution in [0.5, 0.6) is 5.75 Å². The number of nitriles is 2. The molecule has 3 atom stereocenters. The summed E-state index contributed by atoms with van der Waals surface area (Å²) in [4.78, 5) is 0. The number of para-hydroxylation sites is 1. The highest BCUT2D eigenvalue weighted by molar-refractivity contribution is 5.58. The fourth-order valence-electron chi connectivity index (χ4n) is 3.27. The molecule has 1 aliphatic rings. The summed E-state index contributed by atoms with van der Waals surface area (Å²) >= 11 is 0. The molecule has 5 nitrogen and oxygen atoms in total. The summed E-state index contributed by atoms with van der Waals surface area (Å²) in [6.07, 6.45) is -0.839. The highest BCUT2D eigenvalue weighted by Gasteiger charge is 2.43. The van der Waals surface area contributed by atoms with Gasteiger partial charge in [0.25, 0.3) is 0 Å². The van der Waals surface area contributed by atoms with Crippen molar-refractivity contribution in [3.05, 3.63) is 59.2 Å². The van der Waals surface area contributed by atoms with Crippen LogP contribution in [0.4, 0.5) is 5.69 Å². The third kappa shape index (κ3) is 3.10. The summed E-state index contributed by atoms with van der Waals surface area (Å²) in [6, 6.07) is 16.7. The van der Waals surface area contributed by atoms with E-state index in [2.05, 4.69) is 17.5 Å². The van der Waals surface area contributed by atoms with Crippen molar-refractivity contribution in [1.29, 1.82) is 10.5 Å². The first-order valence-electron chi connectivity index (χ1n) is 8.53. The molecule has 1 unspecified atom stereocenters. The van der Waals surface area contributed by atoms with E-state index in [-0.39, 0.29) is 5.92 Å². The minimum Gasteiger partial charge on any atom is -0.485 e. The number of benzene rings is 2. The van der Waals surface area contributed by atoms with Gasteiger partial charge in [-0.15, -0.1) is 0 Å². The van der Waals surface area contributed by atoms with Gasteiger partial charge in [-0.3, -0.25) is 0 Å². The summed E-state index contributed by atoms with van der Waals surface area (Å²) in [5, 5.41) is 32.8. The Kier molecular flexibility index (Phi) is 4.59. The molecule has 0 bridgehead atoms. The minimum atomic E-state index is -0.839. The smallest absolute Gasteiger partial charge is 0.132 e. The Labute approximate surface area is 153 Å². The van der Waals surface area contributed by atoms with Crippen LogP contribution in [-0.2, 0) is 0 Å². The van der Waals surface area contributed by atoms with Crippen LogP contribution in [0.2, 0.25) is 0 Å². The predicted octanol–water partition coefficient (Wildman–Crippen LogP) is 3.87. The number of nitrogens with one attached hydrogen (secondary N) is 1. The van der Waals surface area contributed by atoms with Gasteiger partial charge in [0, 0.05) is 11.3 Å². The van der Waals surface area contributed by atoms with Crippen molar-refractivity contribution in [2.24, 2.45) is 0 Å². The van der Waals surface area contributed by atoms with Crippen molar-refractivity contribution in [3.63, 3.8) is 0 Å². The summed E-state index contributed by atoms with van der Waals surface area (Å²) < 4.78 is 5.95. The first-order valence-corrected chi connectivity index (χ1v) is 8.53. The van der Waals surface area contributed by atoms with Gasteiger partial charge in [0.15, 0.2) is 0 Å². The Bertz CT molecular complexity index is 908. The molecule has 3 rings (SSSR count). The lowest BCUT2D eigenvalue weighted by atomic mass is 9.85. The zero-order valence-electron chi connectivity index (χ0n) is 15.0. The number of rotatable bonds is 3. The maximum atomic E-state index is 10.9. The van der Waals surface area contributed by atoms with E-state index >= 15 is 0 Å². The third-order valence-electron chi connectivity index (χ3n) is 4.81. The molecule has 2 aromatic carbocycles. The molecule has 5 heteroatoms. The average Bonchev–Trinajstić information content (AvgIpc) is 2.64. The van der Waals surface area contributed by atoms with E-state index < -0.39 is 17.7 Å². The van der Waals surface area contributed by atoms with Crippen molar-refractivity contribution in [2.45, 2.75) is 44.4 Å². The van der Waals surface area contributed by atoms with Crippen LogP contribution in [0, 0.1) is 22.7 Å². The van der Waals surface area contributed by atoms with Crippen molar-refractivity contribution in [2.75, 3.05) is 5.32 Å². The Hall–Kier alpha value is -3.02. The Morgan fingerprint density at radius 2 is 1.92 bits per heavy atom. The zero-order valence-corrected chi connectivity index (χ0v) is 15.0. The molecule has 26 heavy (non-hydrogen) atoms. The standard InChI is InChI=1S/C21H21N3O2/c1-13(11-22)15-6-4-5-7-17(15)24-19-16-10-14(12-23)8-9-18(16)26-21(2,3)20(19)25/h4-10,13,19-20,24-25H,1-3H3/t13?,19-,20+/m0/s1. The number of aliphatic hydroxyl groups is 1. The molecular weight excluding hydrogens is 326 g/mol. The van der Waals surface area contributed by atoms with Gasteiger partial charge in [0.1, 0.15) is 17.5 Å². The number of hydrogen-bond donors (Lipinski definition) is 2. The first-order chi connectivity index (χ1) is 12.4. The van der Waals surface area contributed by atoms with Gasteiger partial charge in [0.2, 0.25) is 0 Å². The van der Waals surface area contributed by atoms with Crippen molar-refractivity contribution >= 4 is 5.69 Å². The molecule has 1 heterocycles. The lowest BCUT2D eigenvalue weighted by Crippen LogP contribution is -2.50. The fourth-order valence-corrected chi connectivity index (χ4v) is 3.27. The molecule has 0 aromatic heterocycles. The van der Waals surface area contributed by atoms with E-state index in [9.17, 15) is 15.6 Å². The third-order valence-corrected chi connectivity index (χ3v) is 4.81. The van der Waals surface area contributed by atoms with Gasteiger partial charge in [0.05, 0.1) is 29.7 Å². The number of anilines is 1. The monoisotopic (exact) mass is 347 g/mol. The quantitative estimate of drug-likeness (QED) is 0.880. The van der Waals surface area contributed by atoms with Crippen LogP contribution >= 0.6 is 0 Å². The topological polar surface area (TPSA) is 89.1 Å². The van der Waals surface area contributed by atoms with Crippen LogP contribution in [0.25, 0.3) is 0 Å². The van der Waals surface area contributed by atoms with Crippen LogP contribution in [0.3, 0.4) is 0 Å². The minimum absolute atomic E-state index is 0.284. The molecule has 0 radical (unpaired) electrons. The molecule has 0 spiro atoms. The highest BCUT2D eigenvalue weighted by atomic mass is 16.5. The van der Waals surface area contributed by atoms with Gasteiger partial charge in [-0.1, -0.05) is 18.2 Å². The predicted molar refractivity (Wildman–Crippen MR) is 98.7 cm³/mol. The second kappa shape index (κ2) is 6.71. The molecule has 0 fully saturated rings. The van der Waals surface area contributed by atoms with Crippen LogP contribution < -0.4 is 10.1 Å². The second-order valence-electron chi connectivity index (χ2n) is 7.07. The maximum absolute atomic E-state index is 10.9. The van der Waals surface area contributed by atoms with Gasteiger partial charge in [-0.25, -0.2) is 0 Å². The van der Waals surface area contributed by atoms with Crippen LogP contribution in [0.1, 0.15) is 49.4 Å². The van der Waals surface area contributed by atoms with Crippen molar-refractivity contribution < 1.29 is 9.84 Å². The summed E-state index contributed by atoms with van der Waals surface area (Å²) in [6.45, 7) is 5.50. The van der Waals surface area contributed by atoms with Gasteiger partial charge in [-0.2, -0.15) is 10.5 Å². The maximum Gasteiger partial charge on any atom is 0.132 e. The van der Waals surface area contributed by atoms with E-state index in [4.69, 9.17) is 4.74 Å². The Morgan fingerprint density at radius 3 is 2.62 bits per heavy atom. The Balaban J connectivity index is 2.08. The SMILES string of the molecule is CC(C#N)c1ccccc1N[C@H]1c2cc(C#N)ccc2OC(C)(C)[C@@H]1O. The molecule has 0 amide bonds. The number of ether oxygens (including phenoxy) is 1. The van der Waals surface area contributed by atoms with Gasteiger partial charge in [-0.05, 0) is 50.6 Å². The Morgan fingerprint density at radius 1 is 1.19 bits per heavy atom. The number of nitrogens with zero attached hydrogens (tertiary/aromatic N) is 2. The summed E-state index contributed by atoms with van der Waals surface area (Å²) in [5.41, 5.74) is 2.09. The van der Waals surface area contributed by atoms with Gasteiger partial charge < -0.3 is 15.2 Å². The average molecular weight is 347 g/mol. The van der Waals surface area contributed by atoms with E-state index in [0.29, 0.717) is 11.3 Å². The second-order valence-corrected chi connectivity index (χ2v) is 7.07. The summed E-state index contributed by atoms with van der Waals surface area (Å²) in [5.74, 6) is 0.358. The molecule has 2 N–H and O–H groups in total. The summed E-state index contributed by atoms with van der Waals surface area (Å²) in [7, 11) is 0. The number of hydrogen-bond acceptors (Lipinski definition) is 5. The highest BCUT2D eigenvalue weighted by Crippen LogP contribution is 2.42. The zero-order chi connectivity index (χ0) is 18.9. The van der Waals surface area contributed by atoms with Crippen molar-refractivity contribution in [3.8, 4) is 17.9 Å². The van der Waals surface area contributed by atoms with Crippen LogP contribution in [-0.4, -0.2) is 16.8 Å². The molecule has 2 aromatic rings. The van der Waals surface area contributed by atoms with Gasteiger partial charge >= 0.3 is 0 Å². The lowest BCUT2D eigenvalue weighted by molar-refractivity contribution is -0.0532. The molecule has 132 valence electrons. The molecule has 0 saturated heterocycles. The van der Waals surface area contributed by atoms with E-state index in [1.807, 2.05) is 45.0 Å². The number of fused-ring (bicyclic) bond motifs is 1. The molecule has 0 aliphatic carbocycles. The van der Waals surface area contributed by atoms with E-state index in [1.165, 1.54) is 0 Å². The van der Waals surface area contributed by atoms with E-state index in [1.54, 1.807) is 18.2 Å². The van der Waals surface area contributed by atoms with Crippen molar-refractivity contribution in [1.82, 2.24) is 0 Å². The molecule has 1 aliphatic heterocycles. The largest absolute Gasteiger partial charge is 0.485 e. The molecule has 0 saturated carbocycles. The number of aliphatic hydroxyl groups excluding tert-OH is 1. The normalized spacial score (nSPS) is 21.5. The van der Waals surface area contributed by atoms with Crippen LogP contribution in [0.15, 0.2) is 42.5 Å². The fraction of sp³-hybridized carbons (Fsp3) is 0.333.